The molecule has 1 aromatic rings. The Bertz CT molecular complexity index is 401. The maximum atomic E-state index is 12.5. The number of nitrogens with zero attached hydrogens (tertiary/aromatic N) is 3. The van der Waals surface area contributed by atoms with E-state index in [-0.39, 0.29) is 5.91 Å². The summed E-state index contributed by atoms with van der Waals surface area (Å²) in [5.41, 5.74) is 0.619. The fraction of sp³-hybridized carbons (Fsp3) is 0.643. The van der Waals surface area contributed by atoms with Gasteiger partial charge in [-0.1, -0.05) is 13.8 Å². The molecule has 1 amide bonds. The van der Waals surface area contributed by atoms with Crippen LogP contribution >= 0.6 is 0 Å². The van der Waals surface area contributed by atoms with Crippen molar-refractivity contribution in [1.82, 2.24) is 20.4 Å². The van der Waals surface area contributed by atoms with E-state index < -0.39 is 0 Å². The molecule has 19 heavy (non-hydrogen) atoms. The van der Waals surface area contributed by atoms with Crippen molar-refractivity contribution in [2.24, 2.45) is 5.92 Å². The second kappa shape index (κ2) is 6.61. The van der Waals surface area contributed by atoms with Gasteiger partial charge in [-0.15, -0.1) is 0 Å². The molecule has 0 bridgehead atoms. The van der Waals surface area contributed by atoms with E-state index in [1.165, 1.54) is 12.6 Å². The molecule has 2 heterocycles. The Balaban J connectivity index is 2.05. The number of amides is 1. The standard InChI is InChI=1S/C14H22N4O/c1-11(2)9-18(10-13-4-3-6-15-13)14(19)12-5-7-16-17-8-12/h5,7-8,11,13,15H,3-4,6,9-10H2,1-2H3. The number of carbonyl (C=O) groups excluding carboxylic acids is 1. The molecule has 1 aliphatic heterocycles. The van der Waals surface area contributed by atoms with Crippen molar-refractivity contribution in [1.29, 1.82) is 0 Å². The van der Waals surface area contributed by atoms with Gasteiger partial charge in [-0.05, 0) is 31.4 Å². The molecule has 1 saturated heterocycles. The topological polar surface area (TPSA) is 58.1 Å². The van der Waals surface area contributed by atoms with Crippen LogP contribution in [-0.2, 0) is 0 Å². The molecule has 5 heteroatoms. The van der Waals surface area contributed by atoms with Crippen LogP contribution in [-0.4, -0.2) is 46.7 Å². The number of aromatic nitrogens is 2. The van der Waals surface area contributed by atoms with E-state index in [2.05, 4.69) is 29.4 Å². The molecule has 0 radical (unpaired) electrons. The Labute approximate surface area is 114 Å². The first kappa shape index (κ1) is 13.9. The van der Waals surface area contributed by atoms with E-state index in [0.717, 1.165) is 26.1 Å². The summed E-state index contributed by atoms with van der Waals surface area (Å²) in [5, 5.41) is 10.9. The van der Waals surface area contributed by atoms with Crippen molar-refractivity contribution < 1.29 is 4.79 Å². The van der Waals surface area contributed by atoms with Crippen LogP contribution in [0.15, 0.2) is 18.5 Å². The number of hydrogen-bond acceptors (Lipinski definition) is 4. The number of nitrogens with one attached hydrogen (secondary N) is 1. The normalized spacial score (nSPS) is 18.8. The van der Waals surface area contributed by atoms with Crippen LogP contribution < -0.4 is 5.32 Å². The summed E-state index contributed by atoms with van der Waals surface area (Å²) in [6.07, 6.45) is 5.45. The summed E-state index contributed by atoms with van der Waals surface area (Å²) in [4.78, 5) is 14.4. The average molecular weight is 262 g/mol. The second-order valence-corrected chi connectivity index (χ2v) is 5.53. The Morgan fingerprint density at radius 2 is 2.37 bits per heavy atom. The van der Waals surface area contributed by atoms with Gasteiger partial charge in [0.25, 0.3) is 5.91 Å². The van der Waals surface area contributed by atoms with Crippen LogP contribution in [0, 0.1) is 5.92 Å². The lowest BCUT2D eigenvalue weighted by Gasteiger charge is -2.27. The summed E-state index contributed by atoms with van der Waals surface area (Å²) in [6, 6.07) is 2.16. The SMILES string of the molecule is CC(C)CN(CC1CCCN1)C(=O)c1ccnnc1. The van der Waals surface area contributed by atoms with Gasteiger partial charge in [0.05, 0.1) is 18.0 Å². The first-order valence-electron chi connectivity index (χ1n) is 6.96. The van der Waals surface area contributed by atoms with Crippen LogP contribution in [0.25, 0.3) is 0 Å². The molecule has 104 valence electrons. The smallest absolute Gasteiger partial charge is 0.255 e. The van der Waals surface area contributed by atoms with Gasteiger partial charge < -0.3 is 10.2 Å². The lowest BCUT2D eigenvalue weighted by Crippen LogP contribution is -2.42. The fourth-order valence-electron chi connectivity index (χ4n) is 2.46. The zero-order valence-corrected chi connectivity index (χ0v) is 11.7. The Morgan fingerprint density at radius 3 is 2.95 bits per heavy atom. The van der Waals surface area contributed by atoms with Gasteiger partial charge in [0.1, 0.15) is 0 Å². The number of hydrogen-bond donors (Lipinski definition) is 1. The molecule has 0 aliphatic carbocycles. The highest BCUT2D eigenvalue weighted by atomic mass is 16.2. The lowest BCUT2D eigenvalue weighted by atomic mass is 10.1. The highest BCUT2D eigenvalue weighted by Crippen LogP contribution is 2.11. The fourth-order valence-corrected chi connectivity index (χ4v) is 2.46. The van der Waals surface area contributed by atoms with Gasteiger partial charge in [-0.25, -0.2) is 0 Å². The summed E-state index contributed by atoms with van der Waals surface area (Å²) in [6.45, 7) is 6.88. The number of carbonyl (C=O) groups is 1. The molecule has 1 fully saturated rings. The van der Waals surface area contributed by atoms with Crippen molar-refractivity contribution in [3.05, 3.63) is 24.0 Å². The Hall–Kier alpha value is -1.49. The summed E-state index contributed by atoms with van der Waals surface area (Å²) in [5.74, 6) is 0.512. The van der Waals surface area contributed by atoms with Crippen LogP contribution in [0.4, 0.5) is 0 Å². The Kier molecular flexibility index (Phi) is 4.85. The summed E-state index contributed by atoms with van der Waals surface area (Å²) >= 11 is 0. The third kappa shape index (κ3) is 3.99. The highest BCUT2D eigenvalue weighted by Gasteiger charge is 2.23. The van der Waals surface area contributed by atoms with Crippen LogP contribution in [0.5, 0.6) is 0 Å². The quantitative estimate of drug-likeness (QED) is 0.869. The first-order chi connectivity index (χ1) is 9.16. The minimum Gasteiger partial charge on any atom is -0.337 e. The molecule has 1 unspecified atom stereocenters. The van der Waals surface area contributed by atoms with E-state index in [1.54, 1.807) is 12.3 Å². The number of rotatable bonds is 5. The summed E-state index contributed by atoms with van der Waals surface area (Å²) in [7, 11) is 0. The zero-order valence-electron chi connectivity index (χ0n) is 11.7. The van der Waals surface area contributed by atoms with E-state index in [1.807, 2.05) is 4.90 Å². The molecule has 0 aromatic carbocycles. The van der Waals surface area contributed by atoms with Crippen LogP contribution in [0.1, 0.15) is 37.0 Å². The third-order valence-electron chi connectivity index (χ3n) is 3.31. The van der Waals surface area contributed by atoms with E-state index in [4.69, 9.17) is 0 Å². The van der Waals surface area contributed by atoms with Gasteiger partial charge in [0, 0.05) is 19.1 Å². The highest BCUT2D eigenvalue weighted by molar-refractivity contribution is 5.93. The lowest BCUT2D eigenvalue weighted by molar-refractivity contribution is 0.0720. The first-order valence-corrected chi connectivity index (χ1v) is 6.96. The maximum absolute atomic E-state index is 12.5. The van der Waals surface area contributed by atoms with Gasteiger partial charge in [-0.2, -0.15) is 10.2 Å². The zero-order chi connectivity index (χ0) is 13.7. The predicted molar refractivity (Wildman–Crippen MR) is 73.8 cm³/mol. The molecule has 2 rings (SSSR count). The van der Waals surface area contributed by atoms with E-state index in [9.17, 15) is 4.79 Å². The van der Waals surface area contributed by atoms with Crippen molar-refractivity contribution in [2.45, 2.75) is 32.7 Å². The van der Waals surface area contributed by atoms with Crippen LogP contribution in [0.3, 0.4) is 0 Å². The van der Waals surface area contributed by atoms with Crippen LogP contribution in [0.2, 0.25) is 0 Å². The largest absolute Gasteiger partial charge is 0.337 e. The van der Waals surface area contributed by atoms with E-state index in [0.29, 0.717) is 17.5 Å². The monoisotopic (exact) mass is 262 g/mol. The maximum Gasteiger partial charge on any atom is 0.255 e. The Morgan fingerprint density at radius 1 is 1.53 bits per heavy atom. The second-order valence-electron chi connectivity index (χ2n) is 5.53. The van der Waals surface area contributed by atoms with E-state index >= 15 is 0 Å². The molecule has 1 aliphatic rings. The minimum absolute atomic E-state index is 0.0531. The average Bonchev–Trinajstić information content (AvgIpc) is 2.90. The van der Waals surface area contributed by atoms with Crippen molar-refractivity contribution >= 4 is 5.91 Å². The molecule has 0 spiro atoms. The molecule has 1 atom stereocenters. The molecule has 5 nitrogen and oxygen atoms in total. The van der Waals surface area contributed by atoms with Gasteiger partial charge in [0.15, 0.2) is 0 Å². The molecule has 0 saturated carbocycles. The molecule has 1 N–H and O–H groups in total. The summed E-state index contributed by atoms with van der Waals surface area (Å²) < 4.78 is 0. The van der Waals surface area contributed by atoms with Gasteiger partial charge >= 0.3 is 0 Å². The predicted octanol–water partition coefficient (Wildman–Crippen LogP) is 1.33. The van der Waals surface area contributed by atoms with Crippen molar-refractivity contribution in [3.8, 4) is 0 Å². The third-order valence-corrected chi connectivity index (χ3v) is 3.31. The van der Waals surface area contributed by atoms with Gasteiger partial charge in [0.2, 0.25) is 0 Å². The van der Waals surface area contributed by atoms with Gasteiger partial charge in [-0.3, -0.25) is 4.79 Å². The molecular formula is C14H22N4O. The molecule has 1 aromatic heterocycles. The van der Waals surface area contributed by atoms with Crippen molar-refractivity contribution in [3.63, 3.8) is 0 Å². The van der Waals surface area contributed by atoms with Crippen molar-refractivity contribution in [2.75, 3.05) is 19.6 Å². The minimum atomic E-state index is 0.0531. The molecular weight excluding hydrogens is 240 g/mol.